The number of aliphatic hydroxyl groups excluding tert-OH is 2. The number of aliphatic hydroxyl groups is 2. The van der Waals surface area contributed by atoms with Crippen molar-refractivity contribution < 1.29 is 19.7 Å². The third-order valence-corrected chi connectivity index (χ3v) is 6.74. The largest absolute Gasteiger partial charge is 0.456 e. The molecule has 4 nitrogen and oxygen atoms in total. The fourth-order valence-electron chi connectivity index (χ4n) is 4.71. The number of carbonyl (C=O) groups excluding carboxylic acids is 1. The summed E-state index contributed by atoms with van der Waals surface area (Å²) in [5.74, 6) is -0.241. The first-order chi connectivity index (χ1) is 11.6. The van der Waals surface area contributed by atoms with Gasteiger partial charge in [-0.2, -0.15) is 0 Å². The average Bonchev–Trinajstić information content (AvgIpc) is 2.52. The van der Waals surface area contributed by atoms with Gasteiger partial charge in [-0.05, 0) is 50.9 Å². The second-order valence-corrected chi connectivity index (χ2v) is 8.53. The Morgan fingerprint density at radius 1 is 1.32 bits per heavy atom. The van der Waals surface area contributed by atoms with E-state index in [2.05, 4.69) is 20.4 Å². The molecule has 142 valence electrons. The molecule has 2 fully saturated rings. The van der Waals surface area contributed by atoms with Crippen LogP contribution in [0.4, 0.5) is 0 Å². The molecule has 4 heteroatoms. The van der Waals surface area contributed by atoms with Crippen LogP contribution in [0.3, 0.4) is 0 Å². The van der Waals surface area contributed by atoms with Crippen LogP contribution >= 0.6 is 0 Å². The summed E-state index contributed by atoms with van der Waals surface area (Å²) in [5, 5.41) is 21.2. The zero-order valence-corrected chi connectivity index (χ0v) is 16.3. The number of hydrogen-bond acceptors (Lipinski definition) is 4. The van der Waals surface area contributed by atoms with Crippen LogP contribution in [0.25, 0.3) is 0 Å². The first-order valence-corrected chi connectivity index (χ1v) is 9.49. The molecule has 25 heavy (non-hydrogen) atoms. The molecule has 0 spiro atoms. The molecule has 2 rings (SSSR count). The molecule has 2 N–H and O–H groups in total. The molecule has 2 saturated carbocycles. The number of hydrogen-bond donors (Lipinski definition) is 2. The molecule has 0 aliphatic heterocycles. The summed E-state index contributed by atoms with van der Waals surface area (Å²) in [6.07, 6.45) is 2.65. The maximum Gasteiger partial charge on any atom is 0.331 e. The van der Waals surface area contributed by atoms with Gasteiger partial charge in [0.25, 0.3) is 0 Å². The number of rotatable bonds is 4. The number of ether oxygens (including phenoxy) is 1. The van der Waals surface area contributed by atoms with Gasteiger partial charge in [-0.25, -0.2) is 4.79 Å². The summed E-state index contributed by atoms with van der Waals surface area (Å²) in [5.41, 5.74) is 1.79. The Balaban J connectivity index is 2.35. The van der Waals surface area contributed by atoms with Gasteiger partial charge in [-0.3, -0.25) is 0 Å². The minimum atomic E-state index is -0.771. The second kappa shape index (κ2) is 7.63. The Kier molecular flexibility index (Phi) is 6.16. The van der Waals surface area contributed by atoms with Crippen molar-refractivity contribution in [2.24, 2.45) is 23.2 Å². The quantitative estimate of drug-likeness (QED) is 0.462. The Bertz CT molecular complexity index is 552. The summed E-state index contributed by atoms with van der Waals surface area (Å²) in [6.45, 7) is 14.2. The van der Waals surface area contributed by atoms with Gasteiger partial charge in [0.2, 0.25) is 0 Å². The van der Waals surface area contributed by atoms with Crippen molar-refractivity contribution in [3.63, 3.8) is 0 Å². The third kappa shape index (κ3) is 4.01. The summed E-state index contributed by atoms with van der Waals surface area (Å²) >= 11 is 0. The van der Waals surface area contributed by atoms with E-state index < -0.39 is 24.3 Å². The fourth-order valence-corrected chi connectivity index (χ4v) is 4.71. The van der Waals surface area contributed by atoms with E-state index in [-0.39, 0.29) is 17.3 Å². The lowest BCUT2D eigenvalue weighted by molar-refractivity contribution is -0.193. The topological polar surface area (TPSA) is 66.8 Å². The van der Waals surface area contributed by atoms with Gasteiger partial charge in [0.1, 0.15) is 6.10 Å². The third-order valence-electron chi connectivity index (χ3n) is 6.74. The number of allylic oxidation sites excluding steroid dienone is 1. The summed E-state index contributed by atoms with van der Waals surface area (Å²) in [7, 11) is 0. The van der Waals surface area contributed by atoms with Crippen LogP contribution in [-0.2, 0) is 9.53 Å². The van der Waals surface area contributed by atoms with Gasteiger partial charge in [0.15, 0.2) is 0 Å². The van der Waals surface area contributed by atoms with Crippen molar-refractivity contribution in [2.75, 3.05) is 0 Å². The van der Waals surface area contributed by atoms with E-state index in [0.29, 0.717) is 12.3 Å². The SMILES string of the molecule is C=C(C)C1CC2(C)C(C)CC(O)CC2C(OC(=O)C=C(C)CC)C1O. The molecule has 0 aromatic heterocycles. The van der Waals surface area contributed by atoms with Crippen molar-refractivity contribution in [2.45, 2.75) is 78.6 Å². The predicted molar refractivity (Wildman–Crippen MR) is 98.9 cm³/mol. The summed E-state index contributed by atoms with van der Waals surface area (Å²) < 4.78 is 5.77. The van der Waals surface area contributed by atoms with Crippen LogP contribution in [0.15, 0.2) is 23.8 Å². The lowest BCUT2D eigenvalue weighted by Gasteiger charge is -2.57. The second-order valence-electron chi connectivity index (χ2n) is 8.53. The fraction of sp³-hybridized carbons (Fsp3) is 0.762. The van der Waals surface area contributed by atoms with Crippen molar-refractivity contribution in [1.29, 1.82) is 0 Å². The van der Waals surface area contributed by atoms with Crippen LogP contribution in [-0.4, -0.2) is 34.5 Å². The van der Waals surface area contributed by atoms with Crippen LogP contribution < -0.4 is 0 Å². The first-order valence-electron chi connectivity index (χ1n) is 9.49. The average molecular weight is 350 g/mol. The van der Waals surface area contributed by atoms with E-state index >= 15 is 0 Å². The molecule has 7 unspecified atom stereocenters. The lowest BCUT2D eigenvalue weighted by atomic mass is 9.51. The highest BCUT2D eigenvalue weighted by Crippen LogP contribution is 2.56. The maximum absolute atomic E-state index is 12.3. The van der Waals surface area contributed by atoms with Crippen molar-refractivity contribution >= 4 is 5.97 Å². The standard InChI is InChI=1S/C21H34O4/c1-7-13(4)8-18(23)25-20-17-10-15(22)9-14(5)21(17,6)11-16(12(2)3)19(20)24/h8,14-17,19-20,22,24H,2,7,9-11H2,1,3-6H3. The minimum absolute atomic E-state index is 0.0452. The highest BCUT2D eigenvalue weighted by molar-refractivity contribution is 5.82. The number of esters is 1. The molecular weight excluding hydrogens is 316 g/mol. The van der Waals surface area contributed by atoms with Crippen molar-refractivity contribution in [1.82, 2.24) is 0 Å². The van der Waals surface area contributed by atoms with E-state index in [1.807, 2.05) is 20.8 Å². The first kappa shape index (κ1) is 20.2. The zero-order chi connectivity index (χ0) is 18.9. The molecule has 0 saturated heterocycles. The molecule has 0 radical (unpaired) electrons. The van der Waals surface area contributed by atoms with Gasteiger partial charge in [-0.15, -0.1) is 0 Å². The normalized spacial score (nSPS) is 41.8. The van der Waals surface area contributed by atoms with Gasteiger partial charge in [0, 0.05) is 17.9 Å². The van der Waals surface area contributed by atoms with Crippen LogP contribution in [0, 0.1) is 23.2 Å². The molecule has 0 aromatic carbocycles. The smallest absolute Gasteiger partial charge is 0.331 e. The highest BCUT2D eigenvalue weighted by atomic mass is 16.6. The van der Waals surface area contributed by atoms with Crippen molar-refractivity contribution in [3.05, 3.63) is 23.8 Å². The number of fused-ring (bicyclic) bond motifs is 1. The van der Waals surface area contributed by atoms with E-state index in [9.17, 15) is 15.0 Å². The zero-order valence-electron chi connectivity index (χ0n) is 16.3. The maximum atomic E-state index is 12.3. The monoisotopic (exact) mass is 350 g/mol. The molecule has 0 amide bonds. The van der Waals surface area contributed by atoms with Crippen molar-refractivity contribution in [3.8, 4) is 0 Å². The van der Waals surface area contributed by atoms with E-state index in [1.54, 1.807) is 0 Å². The van der Waals surface area contributed by atoms with Crippen LogP contribution in [0.2, 0.25) is 0 Å². The molecule has 2 aliphatic rings. The van der Waals surface area contributed by atoms with Gasteiger partial charge in [0.05, 0.1) is 12.2 Å². The highest BCUT2D eigenvalue weighted by Gasteiger charge is 2.56. The minimum Gasteiger partial charge on any atom is -0.456 e. The lowest BCUT2D eigenvalue weighted by Crippen LogP contribution is -2.59. The van der Waals surface area contributed by atoms with Gasteiger partial charge in [-0.1, -0.05) is 38.5 Å². The summed E-state index contributed by atoms with van der Waals surface area (Å²) in [4.78, 5) is 12.3. The molecular formula is C21H34O4. The Hall–Kier alpha value is -1.13. The van der Waals surface area contributed by atoms with E-state index in [4.69, 9.17) is 4.74 Å². The Labute approximate surface area is 152 Å². The molecule has 2 aliphatic carbocycles. The number of carbonyl (C=O) groups is 1. The summed E-state index contributed by atoms with van der Waals surface area (Å²) in [6, 6.07) is 0. The van der Waals surface area contributed by atoms with Gasteiger partial charge >= 0.3 is 5.97 Å². The Morgan fingerprint density at radius 3 is 2.52 bits per heavy atom. The van der Waals surface area contributed by atoms with E-state index in [0.717, 1.165) is 30.4 Å². The van der Waals surface area contributed by atoms with Crippen LogP contribution in [0.1, 0.15) is 60.3 Å². The molecule has 0 aromatic rings. The molecule has 0 bridgehead atoms. The van der Waals surface area contributed by atoms with E-state index in [1.165, 1.54) is 6.08 Å². The van der Waals surface area contributed by atoms with Gasteiger partial charge < -0.3 is 14.9 Å². The Morgan fingerprint density at radius 2 is 1.96 bits per heavy atom. The molecule has 0 heterocycles. The van der Waals surface area contributed by atoms with Crippen LogP contribution in [0.5, 0.6) is 0 Å². The predicted octanol–water partition coefficient (Wildman–Crippen LogP) is 3.62. The molecule has 7 atom stereocenters.